The van der Waals surface area contributed by atoms with E-state index >= 15 is 0 Å². The van der Waals surface area contributed by atoms with Gasteiger partial charge in [-0.1, -0.05) is 18.3 Å². The second kappa shape index (κ2) is 5.52. The molecule has 1 unspecified atom stereocenters. The molecule has 2 N–H and O–H groups in total. The van der Waals surface area contributed by atoms with Crippen LogP contribution >= 0.6 is 11.3 Å². The second-order valence-corrected chi connectivity index (χ2v) is 6.05. The fourth-order valence-corrected chi connectivity index (χ4v) is 3.27. The van der Waals surface area contributed by atoms with Crippen LogP contribution in [0.2, 0.25) is 0 Å². The van der Waals surface area contributed by atoms with E-state index in [0.29, 0.717) is 5.92 Å². The van der Waals surface area contributed by atoms with Crippen LogP contribution in [0.1, 0.15) is 42.9 Å². The third-order valence-electron chi connectivity index (χ3n) is 3.60. The topological polar surface area (TPSA) is 78.3 Å². The van der Waals surface area contributed by atoms with Gasteiger partial charge in [-0.05, 0) is 19.3 Å². The maximum Gasteiger partial charge on any atom is 0.234 e. The number of ether oxygens (including phenoxy) is 1. The molecule has 1 saturated heterocycles. The molecule has 0 bridgehead atoms. The minimum atomic E-state index is 0.176. The van der Waals surface area contributed by atoms with E-state index in [0.717, 1.165) is 54.7 Å². The Labute approximate surface area is 116 Å². The van der Waals surface area contributed by atoms with Crippen LogP contribution in [0.3, 0.4) is 0 Å². The van der Waals surface area contributed by atoms with Crippen molar-refractivity contribution >= 4 is 16.3 Å². The van der Waals surface area contributed by atoms with Crippen molar-refractivity contribution in [3.05, 3.63) is 10.8 Å². The van der Waals surface area contributed by atoms with Gasteiger partial charge in [-0.2, -0.15) is 9.61 Å². The lowest BCUT2D eigenvalue weighted by molar-refractivity contribution is 0.0831. The lowest BCUT2D eigenvalue weighted by Gasteiger charge is -2.19. The molecule has 3 rings (SSSR count). The molecule has 104 valence electrons. The van der Waals surface area contributed by atoms with Gasteiger partial charge < -0.3 is 10.5 Å². The molecule has 0 spiro atoms. The van der Waals surface area contributed by atoms with Gasteiger partial charge in [-0.15, -0.1) is 10.2 Å². The van der Waals surface area contributed by atoms with Crippen LogP contribution < -0.4 is 5.73 Å². The van der Waals surface area contributed by atoms with Crippen LogP contribution in [0.25, 0.3) is 4.96 Å². The molecule has 2 aromatic heterocycles. The zero-order valence-electron chi connectivity index (χ0n) is 11.1. The lowest BCUT2D eigenvalue weighted by atomic mass is 10.00. The first-order chi connectivity index (χ1) is 9.28. The Morgan fingerprint density at radius 3 is 2.95 bits per heavy atom. The van der Waals surface area contributed by atoms with Gasteiger partial charge in [0.15, 0.2) is 5.82 Å². The van der Waals surface area contributed by atoms with Gasteiger partial charge >= 0.3 is 0 Å². The highest BCUT2D eigenvalue weighted by atomic mass is 32.1. The number of aromatic nitrogens is 4. The predicted molar refractivity (Wildman–Crippen MR) is 73.4 cm³/mol. The zero-order valence-corrected chi connectivity index (χ0v) is 11.9. The first kappa shape index (κ1) is 13.0. The molecule has 1 fully saturated rings. The molecule has 3 heterocycles. The van der Waals surface area contributed by atoms with Gasteiger partial charge in [0.25, 0.3) is 0 Å². The highest BCUT2D eigenvalue weighted by Crippen LogP contribution is 2.27. The van der Waals surface area contributed by atoms with Crippen molar-refractivity contribution in [1.82, 2.24) is 19.8 Å². The quantitative estimate of drug-likeness (QED) is 0.915. The molecule has 0 amide bonds. The molecule has 19 heavy (non-hydrogen) atoms. The third-order valence-corrected chi connectivity index (χ3v) is 4.53. The molecule has 0 radical (unpaired) electrons. The molecule has 0 aliphatic carbocycles. The van der Waals surface area contributed by atoms with Crippen molar-refractivity contribution in [1.29, 1.82) is 0 Å². The van der Waals surface area contributed by atoms with Crippen LogP contribution in [-0.2, 0) is 11.2 Å². The molecule has 7 heteroatoms. The summed E-state index contributed by atoms with van der Waals surface area (Å²) in [6.45, 7) is 3.70. The number of hydrogen-bond donors (Lipinski definition) is 1. The summed E-state index contributed by atoms with van der Waals surface area (Å²) < 4.78 is 7.29. The van der Waals surface area contributed by atoms with E-state index in [4.69, 9.17) is 10.5 Å². The van der Waals surface area contributed by atoms with Crippen molar-refractivity contribution < 1.29 is 4.74 Å². The molecule has 0 saturated carbocycles. The Morgan fingerprint density at radius 2 is 2.21 bits per heavy atom. The molecule has 1 aliphatic rings. The number of nitrogens with two attached hydrogens (primary N) is 1. The van der Waals surface area contributed by atoms with Gasteiger partial charge in [-0.3, -0.25) is 0 Å². The lowest BCUT2D eigenvalue weighted by Crippen LogP contribution is -2.21. The van der Waals surface area contributed by atoms with Crippen molar-refractivity contribution in [2.45, 2.75) is 44.6 Å². The molecule has 6 nitrogen and oxygen atoms in total. The number of rotatable bonds is 4. The summed E-state index contributed by atoms with van der Waals surface area (Å²) in [6.07, 6.45) is 3.79. The summed E-state index contributed by atoms with van der Waals surface area (Å²) in [5.74, 6) is 1.39. The Kier molecular flexibility index (Phi) is 3.76. The second-order valence-electron chi connectivity index (χ2n) is 5.01. The molecule has 1 atom stereocenters. The highest BCUT2D eigenvalue weighted by Gasteiger charge is 2.23. The number of nitrogens with zero attached hydrogens (tertiary/aromatic N) is 4. The summed E-state index contributed by atoms with van der Waals surface area (Å²) in [5.41, 5.74) is 5.98. The Morgan fingerprint density at radius 1 is 1.42 bits per heavy atom. The number of fused-ring (bicyclic) bond motifs is 1. The highest BCUT2D eigenvalue weighted by molar-refractivity contribution is 7.16. The molecule has 0 aromatic carbocycles. The maximum atomic E-state index is 5.98. The van der Waals surface area contributed by atoms with Gasteiger partial charge in [0, 0.05) is 31.6 Å². The van der Waals surface area contributed by atoms with E-state index in [1.807, 2.05) is 4.52 Å². The zero-order chi connectivity index (χ0) is 13.2. The van der Waals surface area contributed by atoms with Gasteiger partial charge in [0.05, 0.1) is 0 Å². The van der Waals surface area contributed by atoms with Gasteiger partial charge in [0.2, 0.25) is 4.96 Å². The Hall–Kier alpha value is -1.05. The minimum absolute atomic E-state index is 0.176. The summed E-state index contributed by atoms with van der Waals surface area (Å²) in [5, 5.41) is 14.2. The maximum absolute atomic E-state index is 5.98. The van der Waals surface area contributed by atoms with Crippen LogP contribution in [0.15, 0.2) is 0 Å². The van der Waals surface area contributed by atoms with Crippen LogP contribution in [0.5, 0.6) is 0 Å². The predicted octanol–water partition coefficient (Wildman–Crippen LogP) is 1.36. The SMILES string of the molecule is CCC(N)Cc1nn2c(C3CCOCC3)nnc2s1. The summed E-state index contributed by atoms with van der Waals surface area (Å²) in [6, 6.07) is 0.176. The Bertz CT molecular complexity index is 545. The summed E-state index contributed by atoms with van der Waals surface area (Å²) in [7, 11) is 0. The Balaban J connectivity index is 1.85. The van der Waals surface area contributed by atoms with E-state index in [1.54, 1.807) is 11.3 Å². The van der Waals surface area contributed by atoms with Crippen LogP contribution in [0, 0.1) is 0 Å². The van der Waals surface area contributed by atoms with Crippen LogP contribution in [0.4, 0.5) is 0 Å². The minimum Gasteiger partial charge on any atom is -0.381 e. The van der Waals surface area contributed by atoms with Crippen molar-refractivity contribution in [3.63, 3.8) is 0 Å². The fourth-order valence-electron chi connectivity index (χ4n) is 2.33. The summed E-state index contributed by atoms with van der Waals surface area (Å²) >= 11 is 1.59. The largest absolute Gasteiger partial charge is 0.381 e. The van der Waals surface area contributed by atoms with Crippen LogP contribution in [-0.4, -0.2) is 39.1 Å². The first-order valence-corrected chi connectivity index (χ1v) is 7.64. The molecule has 2 aromatic rings. The van der Waals surface area contributed by atoms with E-state index in [-0.39, 0.29) is 6.04 Å². The number of hydrogen-bond acceptors (Lipinski definition) is 6. The first-order valence-electron chi connectivity index (χ1n) is 6.82. The average Bonchev–Trinajstić information content (AvgIpc) is 2.99. The molecular formula is C12H19N5OS. The van der Waals surface area contributed by atoms with Crippen molar-refractivity contribution in [2.24, 2.45) is 5.73 Å². The summed E-state index contributed by atoms with van der Waals surface area (Å²) in [4.78, 5) is 0.875. The molecular weight excluding hydrogens is 262 g/mol. The monoisotopic (exact) mass is 281 g/mol. The van der Waals surface area contributed by atoms with E-state index in [9.17, 15) is 0 Å². The van der Waals surface area contributed by atoms with Gasteiger partial charge in [0.1, 0.15) is 5.01 Å². The normalized spacial score (nSPS) is 19.1. The van der Waals surface area contributed by atoms with Crippen molar-refractivity contribution in [3.8, 4) is 0 Å². The fraction of sp³-hybridized carbons (Fsp3) is 0.750. The van der Waals surface area contributed by atoms with Crippen molar-refractivity contribution in [2.75, 3.05) is 13.2 Å². The average molecular weight is 281 g/mol. The smallest absolute Gasteiger partial charge is 0.234 e. The van der Waals surface area contributed by atoms with Gasteiger partial charge in [-0.25, -0.2) is 0 Å². The third kappa shape index (κ3) is 2.63. The van der Waals surface area contributed by atoms with E-state index < -0.39 is 0 Å². The van der Waals surface area contributed by atoms with E-state index in [2.05, 4.69) is 22.2 Å². The standard InChI is InChI=1S/C12H19N5OS/c1-2-9(13)7-10-16-17-11(14-15-12(17)19-10)8-3-5-18-6-4-8/h8-9H,2-7,13H2,1H3. The van der Waals surface area contributed by atoms with E-state index in [1.165, 1.54) is 0 Å². The molecule has 1 aliphatic heterocycles.